The number of likely N-dealkylation sites (N-methyl/N-ethyl adjacent to an activating group) is 3. The van der Waals surface area contributed by atoms with Crippen LogP contribution in [0, 0.1) is 0 Å². The van der Waals surface area contributed by atoms with Gasteiger partial charge in [-0.3, -0.25) is 19.6 Å². The van der Waals surface area contributed by atoms with E-state index in [4.69, 9.17) is 0 Å². The molecule has 3 heterocycles. The Morgan fingerprint density at radius 2 is 1.19 bits per heavy atom. The second kappa shape index (κ2) is 11.3. The normalized spacial score (nSPS) is 33.8. The van der Waals surface area contributed by atoms with Crippen LogP contribution in [0.2, 0.25) is 0 Å². The predicted octanol–water partition coefficient (Wildman–Crippen LogP) is 1.82. The summed E-state index contributed by atoms with van der Waals surface area (Å²) in [7, 11) is 6.95. The zero-order chi connectivity index (χ0) is 22.7. The Morgan fingerprint density at radius 1 is 0.645 bits per heavy atom. The Balaban J connectivity index is 1.53. The number of nitrogens with zero attached hydrogens (tertiary/aromatic N) is 6. The smallest absolute Gasteiger partial charge is 0.0224 e. The standard InChI is InChI=1S/C25H52N6/c1-20(2)31-17-21(3)28(8)25(19-31)10-9-24-18-30(16-13-27(24)7)23(5)22(4)29-14-11-26(6)12-15-29/h20-25H,9-19H2,1-8H3/t21-,22-,23+,24?,25+/m1/s1. The molecule has 3 fully saturated rings. The van der Waals surface area contributed by atoms with Gasteiger partial charge in [0, 0.05) is 95.2 Å². The molecule has 3 rings (SSSR count). The average molecular weight is 437 g/mol. The van der Waals surface area contributed by atoms with Crippen molar-refractivity contribution in [1.82, 2.24) is 29.4 Å². The van der Waals surface area contributed by atoms with Crippen LogP contribution >= 0.6 is 0 Å². The van der Waals surface area contributed by atoms with Crippen LogP contribution in [0.3, 0.4) is 0 Å². The lowest BCUT2D eigenvalue weighted by Gasteiger charge is -2.48. The molecule has 1 unspecified atom stereocenters. The van der Waals surface area contributed by atoms with Crippen LogP contribution in [-0.4, -0.2) is 146 Å². The van der Waals surface area contributed by atoms with E-state index < -0.39 is 0 Å². The van der Waals surface area contributed by atoms with Crippen LogP contribution in [0.5, 0.6) is 0 Å². The third-order valence-electron chi connectivity index (χ3n) is 8.98. The average Bonchev–Trinajstić information content (AvgIpc) is 2.75. The van der Waals surface area contributed by atoms with Crippen molar-refractivity contribution in [1.29, 1.82) is 0 Å². The Bertz CT molecular complexity index is 534. The van der Waals surface area contributed by atoms with Crippen molar-refractivity contribution in [2.45, 2.75) is 83.7 Å². The van der Waals surface area contributed by atoms with Gasteiger partial charge in [-0.1, -0.05) is 0 Å². The van der Waals surface area contributed by atoms with Gasteiger partial charge >= 0.3 is 0 Å². The van der Waals surface area contributed by atoms with Gasteiger partial charge in [-0.2, -0.15) is 0 Å². The predicted molar refractivity (Wildman–Crippen MR) is 133 cm³/mol. The van der Waals surface area contributed by atoms with Crippen molar-refractivity contribution in [2.75, 3.05) is 80.0 Å². The van der Waals surface area contributed by atoms with Crippen LogP contribution < -0.4 is 0 Å². The second-order valence-electron chi connectivity index (χ2n) is 11.2. The molecule has 0 aromatic rings. The molecule has 0 N–H and O–H groups in total. The summed E-state index contributed by atoms with van der Waals surface area (Å²) in [6.45, 7) is 23.0. The van der Waals surface area contributed by atoms with Gasteiger partial charge in [0.2, 0.25) is 0 Å². The van der Waals surface area contributed by atoms with Crippen molar-refractivity contribution in [2.24, 2.45) is 0 Å². The van der Waals surface area contributed by atoms with Gasteiger partial charge in [-0.15, -0.1) is 0 Å². The molecule has 6 nitrogen and oxygen atoms in total. The molecule has 0 aliphatic carbocycles. The van der Waals surface area contributed by atoms with Crippen molar-refractivity contribution in [3.05, 3.63) is 0 Å². The van der Waals surface area contributed by atoms with E-state index >= 15 is 0 Å². The van der Waals surface area contributed by atoms with Crippen molar-refractivity contribution in [3.8, 4) is 0 Å². The number of hydrogen-bond acceptors (Lipinski definition) is 6. The number of piperazine rings is 3. The topological polar surface area (TPSA) is 19.4 Å². The molecule has 0 bridgehead atoms. The lowest BCUT2D eigenvalue weighted by atomic mass is 9.96. The van der Waals surface area contributed by atoms with E-state index in [1.807, 2.05) is 0 Å². The van der Waals surface area contributed by atoms with Gasteiger partial charge in [0.15, 0.2) is 0 Å². The molecule has 0 radical (unpaired) electrons. The van der Waals surface area contributed by atoms with Crippen molar-refractivity contribution in [3.63, 3.8) is 0 Å². The van der Waals surface area contributed by atoms with E-state index in [2.05, 4.69) is 85.2 Å². The van der Waals surface area contributed by atoms with Crippen molar-refractivity contribution >= 4 is 0 Å². The fourth-order valence-electron chi connectivity index (χ4n) is 5.89. The summed E-state index contributed by atoms with van der Waals surface area (Å²) in [5, 5.41) is 0. The monoisotopic (exact) mass is 436 g/mol. The lowest BCUT2D eigenvalue weighted by molar-refractivity contribution is 0.00585. The molecule has 6 heteroatoms. The molecule has 0 spiro atoms. The molecule has 31 heavy (non-hydrogen) atoms. The van der Waals surface area contributed by atoms with Gasteiger partial charge in [-0.05, 0) is 68.6 Å². The molecule has 3 saturated heterocycles. The van der Waals surface area contributed by atoms with Gasteiger partial charge in [0.25, 0.3) is 0 Å². The van der Waals surface area contributed by atoms with Crippen LogP contribution in [0.15, 0.2) is 0 Å². The maximum Gasteiger partial charge on any atom is 0.0224 e. The fourth-order valence-corrected chi connectivity index (χ4v) is 5.89. The first kappa shape index (κ1) is 25.4. The summed E-state index contributed by atoms with van der Waals surface area (Å²) in [4.78, 5) is 15.9. The second-order valence-corrected chi connectivity index (χ2v) is 11.2. The highest BCUT2D eigenvalue weighted by atomic mass is 15.3. The van der Waals surface area contributed by atoms with E-state index in [9.17, 15) is 0 Å². The first-order valence-corrected chi connectivity index (χ1v) is 13.0. The maximum absolute atomic E-state index is 2.79. The molecule has 3 aliphatic heterocycles. The fraction of sp³-hybridized carbons (Fsp3) is 1.00. The molecule has 0 aromatic heterocycles. The van der Waals surface area contributed by atoms with E-state index in [1.165, 1.54) is 71.7 Å². The van der Waals surface area contributed by atoms with Crippen LogP contribution in [0.1, 0.15) is 47.5 Å². The quantitative estimate of drug-likeness (QED) is 0.602. The van der Waals surface area contributed by atoms with Gasteiger partial charge in [0.05, 0.1) is 0 Å². The van der Waals surface area contributed by atoms with E-state index in [0.29, 0.717) is 36.3 Å². The minimum Gasteiger partial charge on any atom is -0.304 e. The molecule has 5 atom stereocenters. The molecule has 0 saturated carbocycles. The Hall–Kier alpha value is -0.240. The third-order valence-corrected chi connectivity index (χ3v) is 8.98. The SMILES string of the molecule is CC(C)N1C[C@H](CCC2CN([C@@H](C)[C@@H](C)N3CCN(C)CC3)CCN2C)N(C)[C@H](C)C1. The minimum atomic E-state index is 0.633. The molecular formula is C25H52N6. The van der Waals surface area contributed by atoms with Crippen molar-refractivity contribution < 1.29 is 0 Å². The first-order valence-electron chi connectivity index (χ1n) is 13.0. The third kappa shape index (κ3) is 6.42. The molecule has 0 aromatic carbocycles. The van der Waals surface area contributed by atoms with Crippen LogP contribution in [-0.2, 0) is 0 Å². The van der Waals surface area contributed by atoms with E-state index in [0.717, 1.165) is 0 Å². The zero-order valence-electron chi connectivity index (χ0n) is 21.9. The summed E-state index contributed by atoms with van der Waals surface area (Å²) < 4.78 is 0. The maximum atomic E-state index is 2.79. The Kier molecular flexibility index (Phi) is 9.22. The minimum absolute atomic E-state index is 0.633. The molecular weight excluding hydrogens is 384 g/mol. The van der Waals surface area contributed by atoms with Gasteiger partial charge in [0.1, 0.15) is 0 Å². The molecule has 3 aliphatic rings. The van der Waals surface area contributed by atoms with E-state index in [1.54, 1.807) is 0 Å². The zero-order valence-corrected chi connectivity index (χ0v) is 21.9. The summed E-state index contributed by atoms with van der Waals surface area (Å²) >= 11 is 0. The summed E-state index contributed by atoms with van der Waals surface area (Å²) in [5.41, 5.74) is 0. The first-order chi connectivity index (χ1) is 14.7. The molecule has 182 valence electrons. The summed E-state index contributed by atoms with van der Waals surface area (Å²) in [6, 6.07) is 3.97. The number of rotatable bonds is 7. The largest absolute Gasteiger partial charge is 0.304 e. The highest BCUT2D eigenvalue weighted by Crippen LogP contribution is 2.24. The van der Waals surface area contributed by atoms with Gasteiger partial charge in [-0.25, -0.2) is 0 Å². The lowest BCUT2D eigenvalue weighted by Crippen LogP contribution is -2.60. The summed E-state index contributed by atoms with van der Waals surface area (Å²) in [6.07, 6.45) is 2.63. The highest BCUT2D eigenvalue weighted by Gasteiger charge is 2.34. The van der Waals surface area contributed by atoms with Crippen LogP contribution in [0.4, 0.5) is 0 Å². The highest BCUT2D eigenvalue weighted by molar-refractivity contribution is 4.91. The Labute approximate surface area is 193 Å². The summed E-state index contributed by atoms with van der Waals surface area (Å²) in [5.74, 6) is 0. The Morgan fingerprint density at radius 3 is 1.84 bits per heavy atom. The number of hydrogen-bond donors (Lipinski definition) is 0. The molecule has 0 amide bonds. The van der Waals surface area contributed by atoms with E-state index in [-0.39, 0.29) is 0 Å². The van der Waals surface area contributed by atoms with Crippen LogP contribution in [0.25, 0.3) is 0 Å². The van der Waals surface area contributed by atoms with Gasteiger partial charge < -0.3 is 9.80 Å².